The van der Waals surface area contributed by atoms with Crippen LogP contribution in [0.3, 0.4) is 0 Å². The lowest BCUT2D eigenvalue weighted by atomic mass is 9.99. The van der Waals surface area contributed by atoms with Gasteiger partial charge in [0.2, 0.25) is 0 Å². The van der Waals surface area contributed by atoms with E-state index in [4.69, 9.17) is 17.4 Å². The molecular weight excluding hydrogens is 267 g/mol. The number of rotatable bonds is 4. The van der Waals surface area contributed by atoms with E-state index in [-0.39, 0.29) is 11.9 Å². The average molecular weight is 283 g/mol. The molecule has 1 atom stereocenters. The molecule has 0 aliphatic carbocycles. The second-order valence-electron chi connectivity index (χ2n) is 4.32. The quantitative estimate of drug-likeness (QED) is 0.668. The van der Waals surface area contributed by atoms with E-state index in [1.165, 1.54) is 18.2 Å². The van der Waals surface area contributed by atoms with Gasteiger partial charge in [0.15, 0.2) is 0 Å². The summed E-state index contributed by atoms with van der Waals surface area (Å²) in [5, 5.41) is 4.83. The highest BCUT2D eigenvalue weighted by molar-refractivity contribution is 6.31. The molecule has 4 nitrogen and oxygen atoms in total. The van der Waals surface area contributed by atoms with Crippen LogP contribution in [0, 0.1) is 5.82 Å². The first kappa shape index (κ1) is 14.0. The molecule has 0 spiro atoms. The van der Waals surface area contributed by atoms with E-state index >= 15 is 0 Å². The number of benzene rings is 1. The fourth-order valence-electron chi connectivity index (χ4n) is 2.15. The van der Waals surface area contributed by atoms with Gasteiger partial charge in [0, 0.05) is 23.8 Å². The molecule has 102 valence electrons. The van der Waals surface area contributed by atoms with E-state index in [0.29, 0.717) is 10.6 Å². The van der Waals surface area contributed by atoms with Crippen LogP contribution in [0.5, 0.6) is 0 Å². The van der Waals surface area contributed by atoms with Gasteiger partial charge >= 0.3 is 0 Å². The summed E-state index contributed by atoms with van der Waals surface area (Å²) < 4.78 is 15.1. The highest BCUT2D eigenvalue weighted by Gasteiger charge is 2.21. The molecular formula is C13H16ClFN4. The number of halogens is 2. The van der Waals surface area contributed by atoms with Crippen molar-refractivity contribution in [3.05, 3.63) is 52.1 Å². The minimum absolute atomic E-state index is 0.346. The van der Waals surface area contributed by atoms with Gasteiger partial charge < -0.3 is 0 Å². The lowest BCUT2D eigenvalue weighted by Crippen LogP contribution is -2.29. The van der Waals surface area contributed by atoms with Gasteiger partial charge in [-0.15, -0.1) is 0 Å². The summed E-state index contributed by atoms with van der Waals surface area (Å²) in [6.07, 6.45) is 2.63. The molecule has 0 saturated carbocycles. The number of hydrogen-bond donors (Lipinski definition) is 2. The SMILES string of the molecule is CCc1nn(C)cc1C(NN)c1cc(F)ccc1Cl. The molecule has 1 heterocycles. The maximum absolute atomic E-state index is 13.4. The molecule has 0 radical (unpaired) electrons. The Hall–Kier alpha value is -1.43. The Morgan fingerprint density at radius 1 is 1.47 bits per heavy atom. The minimum atomic E-state index is -0.383. The molecule has 3 N–H and O–H groups in total. The fraction of sp³-hybridized carbons (Fsp3) is 0.308. The maximum Gasteiger partial charge on any atom is 0.123 e. The zero-order chi connectivity index (χ0) is 14.0. The molecule has 1 aromatic carbocycles. The van der Waals surface area contributed by atoms with Gasteiger partial charge in [-0.05, 0) is 30.2 Å². The van der Waals surface area contributed by atoms with Crippen molar-refractivity contribution in [3.63, 3.8) is 0 Å². The zero-order valence-corrected chi connectivity index (χ0v) is 11.6. The monoisotopic (exact) mass is 282 g/mol. The van der Waals surface area contributed by atoms with E-state index in [0.717, 1.165) is 17.7 Å². The van der Waals surface area contributed by atoms with Crippen molar-refractivity contribution in [2.75, 3.05) is 0 Å². The van der Waals surface area contributed by atoms with Crippen molar-refractivity contribution in [2.24, 2.45) is 12.9 Å². The van der Waals surface area contributed by atoms with Gasteiger partial charge in [-0.25, -0.2) is 9.82 Å². The molecule has 1 unspecified atom stereocenters. The second kappa shape index (κ2) is 5.69. The fourth-order valence-corrected chi connectivity index (χ4v) is 2.38. The van der Waals surface area contributed by atoms with Gasteiger partial charge in [-0.1, -0.05) is 18.5 Å². The molecule has 6 heteroatoms. The molecule has 2 aromatic rings. The predicted octanol–water partition coefficient (Wildman–Crippen LogP) is 2.33. The van der Waals surface area contributed by atoms with Crippen LogP contribution < -0.4 is 11.3 Å². The minimum Gasteiger partial charge on any atom is -0.275 e. The van der Waals surface area contributed by atoms with Gasteiger partial charge in [-0.3, -0.25) is 10.5 Å². The van der Waals surface area contributed by atoms with E-state index in [9.17, 15) is 4.39 Å². The van der Waals surface area contributed by atoms with Crippen LogP contribution in [0.15, 0.2) is 24.4 Å². The van der Waals surface area contributed by atoms with Gasteiger partial charge in [0.25, 0.3) is 0 Å². The topological polar surface area (TPSA) is 55.9 Å². The molecule has 19 heavy (non-hydrogen) atoms. The zero-order valence-electron chi connectivity index (χ0n) is 10.8. The molecule has 0 saturated heterocycles. The third kappa shape index (κ3) is 2.78. The van der Waals surface area contributed by atoms with E-state index < -0.39 is 0 Å². The molecule has 0 aliphatic heterocycles. The molecule has 0 fully saturated rings. The summed E-state index contributed by atoms with van der Waals surface area (Å²) >= 11 is 6.13. The summed E-state index contributed by atoms with van der Waals surface area (Å²) in [7, 11) is 1.84. The number of hydrazine groups is 1. The van der Waals surface area contributed by atoms with E-state index in [2.05, 4.69) is 10.5 Å². The first-order chi connectivity index (χ1) is 9.06. The molecule has 0 amide bonds. The summed E-state index contributed by atoms with van der Waals surface area (Å²) in [5.41, 5.74) is 5.10. The Labute approximate surface area is 116 Å². The smallest absolute Gasteiger partial charge is 0.123 e. The maximum atomic E-state index is 13.4. The Balaban J connectivity index is 2.52. The lowest BCUT2D eigenvalue weighted by Gasteiger charge is -2.17. The number of nitrogens with one attached hydrogen (secondary N) is 1. The number of nitrogens with two attached hydrogens (primary N) is 1. The largest absolute Gasteiger partial charge is 0.275 e. The number of hydrogen-bond acceptors (Lipinski definition) is 3. The first-order valence-electron chi connectivity index (χ1n) is 6.00. The number of aryl methyl sites for hydroxylation is 2. The second-order valence-corrected chi connectivity index (χ2v) is 4.73. The third-order valence-electron chi connectivity index (χ3n) is 3.02. The van der Waals surface area contributed by atoms with Crippen molar-refractivity contribution in [2.45, 2.75) is 19.4 Å². The van der Waals surface area contributed by atoms with Gasteiger partial charge in [0.1, 0.15) is 5.82 Å². The normalized spacial score (nSPS) is 12.7. The third-order valence-corrected chi connectivity index (χ3v) is 3.36. The van der Waals surface area contributed by atoms with Crippen molar-refractivity contribution in [1.82, 2.24) is 15.2 Å². The van der Waals surface area contributed by atoms with E-state index in [1.54, 1.807) is 4.68 Å². The molecule has 0 aliphatic rings. The summed E-state index contributed by atoms with van der Waals surface area (Å²) in [6, 6.07) is 3.85. The summed E-state index contributed by atoms with van der Waals surface area (Å²) in [5.74, 6) is 5.27. The number of aromatic nitrogens is 2. The highest BCUT2D eigenvalue weighted by Crippen LogP contribution is 2.30. The van der Waals surface area contributed by atoms with E-state index in [1.807, 2.05) is 20.2 Å². The van der Waals surface area contributed by atoms with Gasteiger partial charge in [-0.2, -0.15) is 5.10 Å². The highest BCUT2D eigenvalue weighted by atomic mass is 35.5. The van der Waals surface area contributed by atoms with Crippen molar-refractivity contribution < 1.29 is 4.39 Å². The predicted molar refractivity (Wildman–Crippen MR) is 73.2 cm³/mol. The van der Waals surface area contributed by atoms with Crippen molar-refractivity contribution in [3.8, 4) is 0 Å². The van der Waals surface area contributed by atoms with Crippen molar-refractivity contribution >= 4 is 11.6 Å². The standard InChI is InChI=1S/C13H16ClFN4/c1-3-12-10(7-19(2)18-12)13(17-16)9-6-8(15)4-5-11(9)14/h4-7,13,17H,3,16H2,1-2H3. The molecule has 1 aromatic heterocycles. The number of nitrogens with zero attached hydrogens (tertiary/aromatic N) is 2. The summed E-state index contributed by atoms with van der Waals surface area (Å²) in [4.78, 5) is 0. The summed E-state index contributed by atoms with van der Waals surface area (Å²) in [6.45, 7) is 2.01. The van der Waals surface area contributed by atoms with Gasteiger partial charge in [0.05, 0.1) is 11.7 Å². The lowest BCUT2D eigenvalue weighted by molar-refractivity contribution is 0.603. The van der Waals surface area contributed by atoms with Crippen LogP contribution in [0.1, 0.15) is 29.8 Å². The van der Waals surface area contributed by atoms with Crippen LogP contribution >= 0.6 is 11.6 Å². The molecule has 2 rings (SSSR count). The Morgan fingerprint density at radius 2 is 2.21 bits per heavy atom. The Kier molecular flexibility index (Phi) is 4.19. The average Bonchev–Trinajstić information content (AvgIpc) is 2.76. The van der Waals surface area contributed by atoms with Crippen molar-refractivity contribution in [1.29, 1.82) is 0 Å². The molecule has 0 bridgehead atoms. The van der Waals surface area contributed by atoms with Crippen LogP contribution in [0.4, 0.5) is 4.39 Å². The van der Waals surface area contributed by atoms with Crippen LogP contribution in [-0.4, -0.2) is 9.78 Å². The van der Waals surface area contributed by atoms with Crippen LogP contribution in [0.25, 0.3) is 0 Å². The van der Waals surface area contributed by atoms with Crippen LogP contribution in [0.2, 0.25) is 5.02 Å². The Morgan fingerprint density at radius 3 is 2.84 bits per heavy atom. The Bertz CT molecular complexity index is 582. The van der Waals surface area contributed by atoms with Crippen LogP contribution in [-0.2, 0) is 13.5 Å². The first-order valence-corrected chi connectivity index (χ1v) is 6.38.